The van der Waals surface area contributed by atoms with Gasteiger partial charge in [-0.05, 0) is 32.1 Å². The van der Waals surface area contributed by atoms with Gasteiger partial charge in [0.1, 0.15) is 0 Å². The van der Waals surface area contributed by atoms with Crippen LogP contribution in [-0.2, 0) is 4.43 Å². The average Bonchev–Trinajstić information content (AvgIpc) is 1.76. The molecule has 74 valence electrons. The lowest BCUT2D eigenvalue weighted by molar-refractivity contribution is 0.311. The first kappa shape index (κ1) is 12.7. The van der Waals surface area contributed by atoms with Gasteiger partial charge in [-0.25, -0.2) is 0 Å². The van der Waals surface area contributed by atoms with Gasteiger partial charge in [0.2, 0.25) is 0 Å². The van der Waals surface area contributed by atoms with Gasteiger partial charge >= 0.3 is 0 Å². The molecule has 0 radical (unpaired) electrons. The molecule has 12 heavy (non-hydrogen) atoms. The Kier molecular flexibility index (Phi) is 5.06. The summed E-state index contributed by atoms with van der Waals surface area (Å²) in [4.78, 5) is 0. The van der Waals surface area contributed by atoms with E-state index >= 15 is 0 Å². The Balaban J connectivity index is 3.35. The lowest BCUT2D eigenvalue weighted by Gasteiger charge is -2.18. The molecule has 0 bridgehead atoms. The van der Waals surface area contributed by atoms with E-state index in [-0.39, 0.29) is 0 Å². The summed E-state index contributed by atoms with van der Waals surface area (Å²) in [5, 5.41) is 0. The molecule has 0 atom stereocenters. The number of hydrogen-bond donors (Lipinski definition) is 0. The summed E-state index contributed by atoms with van der Waals surface area (Å²) in [6, 6.07) is 1.17. The molecular weight excluding hydrogens is 204 g/mol. The van der Waals surface area contributed by atoms with Gasteiger partial charge in [-0.3, -0.25) is 0 Å². The predicted molar refractivity (Wildman–Crippen MR) is 62.1 cm³/mol. The summed E-state index contributed by atoms with van der Waals surface area (Å²) >= 11 is 6.18. The molecule has 0 aromatic heterocycles. The SMILES string of the molecule is C[Si](C)(Cl)CCCO[Si](C)(C)C. The minimum Gasteiger partial charge on any atom is -0.418 e. The van der Waals surface area contributed by atoms with E-state index in [1.165, 1.54) is 6.04 Å². The topological polar surface area (TPSA) is 9.23 Å². The molecule has 0 amide bonds. The molecule has 0 unspecified atom stereocenters. The van der Waals surface area contributed by atoms with Gasteiger partial charge in [-0.2, -0.15) is 11.1 Å². The van der Waals surface area contributed by atoms with E-state index in [2.05, 4.69) is 32.7 Å². The molecule has 0 rings (SSSR count). The fourth-order valence-corrected chi connectivity index (χ4v) is 3.01. The van der Waals surface area contributed by atoms with Crippen molar-refractivity contribution in [3.63, 3.8) is 0 Å². The van der Waals surface area contributed by atoms with Crippen LogP contribution in [0.15, 0.2) is 0 Å². The Morgan fingerprint density at radius 3 is 1.92 bits per heavy atom. The van der Waals surface area contributed by atoms with Crippen LogP contribution in [-0.4, -0.2) is 22.3 Å². The summed E-state index contributed by atoms with van der Waals surface area (Å²) in [7, 11) is -2.63. The highest BCUT2D eigenvalue weighted by Crippen LogP contribution is 2.16. The maximum Gasteiger partial charge on any atom is 0.183 e. The number of halogens is 1. The van der Waals surface area contributed by atoms with Crippen molar-refractivity contribution in [2.45, 2.75) is 45.2 Å². The van der Waals surface area contributed by atoms with E-state index in [1.807, 2.05) is 0 Å². The van der Waals surface area contributed by atoms with Gasteiger partial charge in [-0.15, -0.1) is 0 Å². The molecule has 0 saturated carbocycles. The molecule has 0 aromatic rings. The number of rotatable bonds is 5. The third-order valence-corrected chi connectivity index (χ3v) is 4.63. The molecule has 0 aromatic carbocycles. The summed E-state index contributed by atoms with van der Waals surface area (Å²) in [5.41, 5.74) is 0. The molecule has 0 aliphatic heterocycles. The standard InChI is InChI=1S/C8H21ClOSi2/c1-11(2,3)10-7-6-8-12(4,5)9/h6-8H2,1-5H3. The van der Waals surface area contributed by atoms with E-state index in [1.54, 1.807) is 0 Å². The first-order valence-electron chi connectivity index (χ1n) is 4.54. The van der Waals surface area contributed by atoms with Crippen LogP contribution in [0.1, 0.15) is 6.42 Å². The Morgan fingerprint density at radius 2 is 1.58 bits per heavy atom. The minimum absolute atomic E-state index is 0.902. The molecule has 1 nitrogen and oxygen atoms in total. The van der Waals surface area contributed by atoms with E-state index in [0.29, 0.717) is 0 Å². The van der Waals surface area contributed by atoms with E-state index in [4.69, 9.17) is 15.5 Å². The average molecular weight is 225 g/mol. The Morgan fingerprint density at radius 1 is 1.08 bits per heavy atom. The van der Waals surface area contributed by atoms with Gasteiger partial charge in [-0.1, -0.05) is 13.1 Å². The van der Waals surface area contributed by atoms with Crippen molar-refractivity contribution in [3.8, 4) is 0 Å². The van der Waals surface area contributed by atoms with E-state index in [0.717, 1.165) is 13.0 Å². The highest BCUT2D eigenvalue weighted by atomic mass is 35.6. The fraction of sp³-hybridized carbons (Fsp3) is 1.00. The summed E-state index contributed by atoms with van der Waals surface area (Å²) in [6.45, 7) is 11.9. The second-order valence-corrected chi connectivity index (χ2v) is 16.3. The van der Waals surface area contributed by atoms with Crippen LogP contribution >= 0.6 is 11.1 Å². The third kappa shape index (κ3) is 10.7. The van der Waals surface area contributed by atoms with Crippen LogP contribution in [0.4, 0.5) is 0 Å². The summed E-state index contributed by atoms with van der Waals surface area (Å²) in [6.07, 6.45) is 1.13. The van der Waals surface area contributed by atoms with Crippen molar-refractivity contribution in [3.05, 3.63) is 0 Å². The first-order valence-corrected chi connectivity index (χ1v) is 12.2. The van der Waals surface area contributed by atoms with Crippen LogP contribution in [0.3, 0.4) is 0 Å². The second-order valence-electron chi connectivity index (χ2n) is 4.78. The molecule has 0 fully saturated rings. The molecular formula is C8H21ClOSi2. The predicted octanol–water partition coefficient (Wildman–Crippen LogP) is 3.67. The Bertz CT molecular complexity index is 110. The van der Waals surface area contributed by atoms with E-state index < -0.39 is 15.7 Å². The zero-order valence-corrected chi connectivity index (χ0v) is 11.7. The highest BCUT2D eigenvalue weighted by molar-refractivity contribution is 7.19. The van der Waals surface area contributed by atoms with Crippen molar-refractivity contribution in [1.29, 1.82) is 0 Å². The zero-order valence-electron chi connectivity index (χ0n) is 8.91. The third-order valence-electron chi connectivity index (χ3n) is 1.45. The van der Waals surface area contributed by atoms with Crippen molar-refractivity contribution < 1.29 is 4.43 Å². The second kappa shape index (κ2) is 4.79. The first-order chi connectivity index (χ1) is 5.21. The van der Waals surface area contributed by atoms with E-state index in [9.17, 15) is 0 Å². The lowest BCUT2D eigenvalue weighted by Crippen LogP contribution is -2.26. The molecule has 0 heterocycles. The van der Waals surface area contributed by atoms with Gasteiger partial charge in [0, 0.05) is 6.61 Å². The van der Waals surface area contributed by atoms with Crippen molar-refractivity contribution in [2.75, 3.05) is 6.61 Å². The van der Waals surface area contributed by atoms with Crippen LogP contribution in [0.25, 0.3) is 0 Å². The van der Waals surface area contributed by atoms with Crippen LogP contribution in [0, 0.1) is 0 Å². The summed E-state index contributed by atoms with van der Waals surface area (Å²) in [5.74, 6) is 0. The molecule has 0 aliphatic carbocycles. The zero-order chi connectivity index (χ0) is 9.83. The maximum atomic E-state index is 6.18. The number of hydrogen-bond acceptors (Lipinski definition) is 1. The monoisotopic (exact) mass is 224 g/mol. The fourth-order valence-electron chi connectivity index (χ4n) is 0.871. The summed E-state index contributed by atoms with van der Waals surface area (Å²) < 4.78 is 5.73. The molecule has 4 heteroatoms. The van der Waals surface area contributed by atoms with Crippen molar-refractivity contribution in [2.24, 2.45) is 0 Å². The smallest absolute Gasteiger partial charge is 0.183 e. The van der Waals surface area contributed by atoms with Crippen LogP contribution in [0.5, 0.6) is 0 Å². The lowest BCUT2D eigenvalue weighted by atomic mass is 10.5. The van der Waals surface area contributed by atoms with Crippen molar-refractivity contribution in [1.82, 2.24) is 0 Å². The van der Waals surface area contributed by atoms with Gasteiger partial charge in [0.25, 0.3) is 0 Å². The largest absolute Gasteiger partial charge is 0.418 e. The van der Waals surface area contributed by atoms with Crippen LogP contribution in [0.2, 0.25) is 38.8 Å². The maximum absolute atomic E-state index is 6.18. The highest BCUT2D eigenvalue weighted by Gasteiger charge is 2.18. The Hall–Kier alpha value is 0.684. The van der Waals surface area contributed by atoms with Crippen molar-refractivity contribution >= 4 is 26.8 Å². The molecule has 0 spiro atoms. The minimum atomic E-state index is -1.35. The quantitative estimate of drug-likeness (QED) is 0.394. The Labute approximate surface area is 83.3 Å². The molecule has 0 saturated heterocycles. The normalized spacial score (nSPS) is 13.5. The molecule has 0 N–H and O–H groups in total. The van der Waals surface area contributed by atoms with Gasteiger partial charge in [0.15, 0.2) is 15.7 Å². The molecule has 0 aliphatic rings. The van der Waals surface area contributed by atoms with Gasteiger partial charge in [0.05, 0.1) is 0 Å². The van der Waals surface area contributed by atoms with Crippen LogP contribution < -0.4 is 0 Å². The van der Waals surface area contributed by atoms with Gasteiger partial charge < -0.3 is 4.43 Å².